The number of aromatic nitrogens is 7. The number of hydrogen-bond acceptors (Lipinski definition) is 6. The second-order valence-corrected chi connectivity index (χ2v) is 14.4. The lowest BCUT2D eigenvalue weighted by molar-refractivity contribution is 0.396. The molecule has 258 valence electrons. The van der Waals surface area contributed by atoms with Crippen LogP contribution in [0.5, 0.6) is 0 Å². The first-order valence-electron chi connectivity index (χ1n) is 17.3. The molecule has 0 amide bonds. The molecule has 0 saturated heterocycles. The Morgan fingerprint density at radius 1 is 0.679 bits per heavy atom. The van der Waals surface area contributed by atoms with Gasteiger partial charge in [-0.05, 0) is 83.6 Å². The quantitative estimate of drug-likeness (QED) is 0.106. The molecule has 9 aromatic rings. The summed E-state index contributed by atoms with van der Waals surface area (Å²) in [6, 6.07) is 49.3. The van der Waals surface area contributed by atoms with Gasteiger partial charge >= 0.3 is 0 Å². The standard InChI is InChI=1S/C43H31Br2N7O/c1-2-38-46-35-23-25-37(44)47-42(35)51(38)27-28-22-24-36-34(26-28)39(45)40(53-36)32-20-12-13-21-33(32)41-48-50-52(49-41)43(29-14-6-3-7-15-29,30-16-8-4-9-17-30)31-18-10-5-11-19-31/h3-26H,2,27H2,1H3. The van der Waals surface area contributed by atoms with E-state index in [9.17, 15) is 0 Å². The largest absolute Gasteiger partial charge is 0.455 e. The summed E-state index contributed by atoms with van der Waals surface area (Å²) in [4.78, 5) is 11.3. The smallest absolute Gasteiger partial charge is 0.205 e. The fourth-order valence-corrected chi connectivity index (χ4v) is 8.16. The van der Waals surface area contributed by atoms with Crippen molar-refractivity contribution < 1.29 is 4.42 Å². The zero-order chi connectivity index (χ0) is 35.9. The van der Waals surface area contributed by atoms with Crippen LogP contribution in [0.1, 0.15) is 35.0 Å². The van der Waals surface area contributed by atoms with Crippen molar-refractivity contribution in [3.8, 4) is 22.7 Å². The minimum atomic E-state index is -0.885. The lowest BCUT2D eigenvalue weighted by atomic mass is 9.77. The van der Waals surface area contributed by atoms with Gasteiger partial charge in [0.2, 0.25) is 5.82 Å². The molecule has 0 radical (unpaired) electrons. The number of benzene rings is 5. The molecule has 0 aliphatic heterocycles. The van der Waals surface area contributed by atoms with Crippen LogP contribution in [0.15, 0.2) is 159 Å². The molecule has 0 atom stereocenters. The molecule has 0 saturated carbocycles. The van der Waals surface area contributed by atoms with E-state index in [0.717, 1.165) is 76.8 Å². The number of tetrazole rings is 1. The fraction of sp³-hybridized carbons (Fsp3) is 0.0930. The molecule has 0 aliphatic carbocycles. The number of halogens is 2. The Labute approximate surface area is 322 Å². The summed E-state index contributed by atoms with van der Waals surface area (Å²) in [5.41, 5.74) is 7.44. The zero-order valence-corrected chi connectivity index (χ0v) is 31.7. The van der Waals surface area contributed by atoms with Crippen molar-refractivity contribution in [2.75, 3.05) is 0 Å². The number of fused-ring (bicyclic) bond motifs is 2. The third-order valence-corrected chi connectivity index (χ3v) is 10.9. The topological polar surface area (TPSA) is 87.5 Å². The molecular weight excluding hydrogens is 790 g/mol. The molecule has 53 heavy (non-hydrogen) atoms. The predicted octanol–water partition coefficient (Wildman–Crippen LogP) is 10.5. The van der Waals surface area contributed by atoms with E-state index in [4.69, 9.17) is 29.8 Å². The zero-order valence-electron chi connectivity index (χ0n) is 28.6. The van der Waals surface area contributed by atoms with E-state index >= 15 is 0 Å². The number of aryl methyl sites for hydroxylation is 1. The first kappa shape index (κ1) is 33.1. The van der Waals surface area contributed by atoms with Crippen molar-refractivity contribution in [1.82, 2.24) is 34.7 Å². The van der Waals surface area contributed by atoms with Crippen LogP contribution >= 0.6 is 31.9 Å². The number of rotatable bonds is 9. The van der Waals surface area contributed by atoms with Crippen LogP contribution in [-0.4, -0.2) is 34.7 Å². The van der Waals surface area contributed by atoms with Gasteiger partial charge in [0.1, 0.15) is 27.3 Å². The van der Waals surface area contributed by atoms with Gasteiger partial charge in [-0.2, -0.15) is 0 Å². The molecule has 5 aromatic carbocycles. The SMILES string of the molecule is CCc1nc2ccc(Br)nc2n1Cc1ccc2oc(-c3ccccc3-c3nnn(C(c4ccccc4)(c4ccccc4)c4ccccc4)n3)c(Br)c2c1. The third-order valence-electron chi connectivity index (χ3n) is 9.69. The van der Waals surface area contributed by atoms with Crippen LogP contribution in [0.4, 0.5) is 0 Å². The van der Waals surface area contributed by atoms with Gasteiger partial charge < -0.3 is 8.98 Å². The summed E-state index contributed by atoms with van der Waals surface area (Å²) in [5.74, 6) is 2.17. The van der Waals surface area contributed by atoms with Crippen molar-refractivity contribution in [3.63, 3.8) is 0 Å². The number of nitrogens with zero attached hydrogens (tertiary/aromatic N) is 7. The molecule has 0 aliphatic rings. The number of pyridine rings is 1. The van der Waals surface area contributed by atoms with Crippen molar-refractivity contribution in [2.24, 2.45) is 0 Å². The Morgan fingerprint density at radius 2 is 1.30 bits per heavy atom. The summed E-state index contributed by atoms with van der Waals surface area (Å²) >= 11 is 7.45. The highest BCUT2D eigenvalue weighted by molar-refractivity contribution is 9.11. The van der Waals surface area contributed by atoms with Gasteiger partial charge in [0.25, 0.3) is 0 Å². The lowest BCUT2D eigenvalue weighted by Gasteiger charge is -2.34. The van der Waals surface area contributed by atoms with Crippen LogP contribution < -0.4 is 0 Å². The van der Waals surface area contributed by atoms with E-state index in [2.05, 4.69) is 91.9 Å². The highest BCUT2D eigenvalue weighted by Gasteiger charge is 2.41. The van der Waals surface area contributed by atoms with E-state index in [1.165, 1.54) is 0 Å². The van der Waals surface area contributed by atoms with Gasteiger partial charge in [0, 0.05) is 22.9 Å². The van der Waals surface area contributed by atoms with Crippen molar-refractivity contribution in [2.45, 2.75) is 25.4 Å². The Kier molecular flexibility index (Phi) is 8.56. The predicted molar refractivity (Wildman–Crippen MR) is 214 cm³/mol. The minimum Gasteiger partial charge on any atom is -0.455 e. The summed E-state index contributed by atoms with van der Waals surface area (Å²) in [6.45, 7) is 2.74. The van der Waals surface area contributed by atoms with Gasteiger partial charge in [-0.3, -0.25) is 0 Å². The van der Waals surface area contributed by atoms with Crippen molar-refractivity contribution in [3.05, 3.63) is 183 Å². The van der Waals surface area contributed by atoms with E-state index < -0.39 is 5.54 Å². The summed E-state index contributed by atoms with van der Waals surface area (Å²) < 4.78 is 10.4. The van der Waals surface area contributed by atoms with Crippen LogP contribution in [0.3, 0.4) is 0 Å². The first-order chi connectivity index (χ1) is 26.0. The lowest BCUT2D eigenvalue weighted by Crippen LogP contribution is -2.39. The number of imidazole rings is 1. The van der Waals surface area contributed by atoms with E-state index in [1.54, 1.807) is 4.80 Å². The molecule has 0 N–H and O–H groups in total. The fourth-order valence-electron chi connectivity index (χ4n) is 7.26. The van der Waals surface area contributed by atoms with Gasteiger partial charge in [-0.15, -0.1) is 15.0 Å². The molecule has 8 nitrogen and oxygen atoms in total. The monoisotopic (exact) mass is 819 g/mol. The molecule has 0 bridgehead atoms. The summed E-state index contributed by atoms with van der Waals surface area (Å²) in [7, 11) is 0. The second kappa shape index (κ2) is 13.7. The van der Waals surface area contributed by atoms with Crippen LogP contribution in [0, 0.1) is 0 Å². The van der Waals surface area contributed by atoms with Gasteiger partial charge in [0.05, 0.1) is 11.0 Å². The highest BCUT2D eigenvalue weighted by atomic mass is 79.9. The normalized spacial score (nSPS) is 11.8. The Bertz CT molecular complexity index is 2630. The van der Waals surface area contributed by atoms with Crippen molar-refractivity contribution >= 4 is 54.0 Å². The second-order valence-electron chi connectivity index (χ2n) is 12.8. The number of hydrogen-bond donors (Lipinski definition) is 0. The molecule has 4 aromatic heterocycles. The molecule has 4 heterocycles. The molecule has 0 spiro atoms. The maximum absolute atomic E-state index is 6.58. The number of furan rings is 1. The van der Waals surface area contributed by atoms with Gasteiger partial charge in [0.15, 0.2) is 11.2 Å². The van der Waals surface area contributed by atoms with Crippen LogP contribution in [-0.2, 0) is 18.5 Å². The van der Waals surface area contributed by atoms with E-state index in [0.29, 0.717) is 18.1 Å². The van der Waals surface area contributed by atoms with Crippen LogP contribution in [0.2, 0.25) is 0 Å². The maximum Gasteiger partial charge on any atom is 0.205 e. The van der Waals surface area contributed by atoms with Gasteiger partial charge in [-0.1, -0.05) is 128 Å². The first-order valence-corrected chi connectivity index (χ1v) is 18.9. The minimum absolute atomic E-state index is 0.485. The third kappa shape index (κ3) is 5.69. The maximum atomic E-state index is 6.58. The molecule has 10 heteroatoms. The molecule has 9 rings (SSSR count). The summed E-state index contributed by atoms with van der Waals surface area (Å²) in [5, 5.41) is 15.7. The van der Waals surface area contributed by atoms with Crippen molar-refractivity contribution in [1.29, 1.82) is 0 Å². The Hall–Kier alpha value is -5.71. The summed E-state index contributed by atoms with van der Waals surface area (Å²) in [6.07, 6.45) is 0.800. The van der Waals surface area contributed by atoms with Crippen LogP contribution in [0.25, 0.3) is 44.8 Å². The molecule has 0 unspecified atom stereocenters. The van der Waals surface area contributed by atoms with E-state index in [1.807, 2.05) is 97.1 Å². The highest BCUT2D eigenvalue weighted by Crippen LogP contribution is 2.43. The average Bonchev–Trinajstić information content (AvgIpc) is 3.92. The molecular formula is C43H31Br2N7O. The van der Waals surface area contributed by atoms with Gasteiger partial charge in [-0.25, -0.2) is 9.97 Å². The Balaban J connectivity index is 1.15. The Morgan fingerprint density at radius 3 is 1.94 bits per heavy atom. The average molecular weight is 822 g/mol. The molecule has 0 fully saturated rings. The van der Waals surface area contributed by atoms with E-state index in [-0.39, 0.29) is 0 Å².